The summed E-state index contributed by atoms with van der Waals surface area (Å²) in [7, 11) is -3.95. The van der Waals surface area contributed by atoms with Crippen molar-refractivity contribution in [2.24, 2.45) is 5.84 Å². The Bertz CT molecular complexity index is 728. The molecule has 0 aliphatic heterocycles. The topological polar surface area (TPSA) is 140 Å². The van der Waals surface area contributed by atoms with Gasteiger partial charge in [0, 0.05) is 12.3 Å². The molecule has 11 heteroatoms. The normalized spacial score (nSPS) is 11.1. The number of hydrazine groups is 1. The number of rotatable bonds is 5. The number of nitrogens with zero attached hydrogens (tertiary/aromatic N) is 2. The summed E-state index contributed by atoms with van der Waals surface area (Å²) >= 11 is 0.658. The first kappa shape index (κ1) is 14.2. The smallest absolute Gasteiger partial charge is 0.306 e. The van der Waals surface area contributed by atoms with E-state index >= 15 is 0 Å². The molecule has 106 valence electrons. The Morgan fingerprint density at radius 1 is 1.40 bits per heavy atom. The molecule has 0 aliphatic rings. The van der Waals surface area contributed by atoms with E-state index < -0.39 is 20.6 Å². The Morgan fingerprint density at radius 2 is 2.15 bits per heavy atom. The number of anilines is 2. The van der Waals surface area contributed by atoms with Gasteiger partial charge in [0.1, 0.15) is 10.0 Å². The zero-order valence-electron chi connectivity index (χ0n) is 9.81. The average molecular weight is 315 g/mol. The maximum Gasteiger partial charge on any atom is 0.306 e. The number of hydrogen-bond acceptors (Lipinski definition) is 8. The minimum Gasteiger partial charge on any atom is -0.310 e. The molecule has 2 rings (SSSR count). The fourth-order valence-corrected chi connectivity index (χ4v) is 3.59. The fraction of sp³-hybridized carbons (Fsp3) is 0. The summed E-state index contributed by atoms with van der Waals surface area (Å²) in [6.45, 7) is 0. The molecule has 0 unspecified atom stereocenters. The quantitative estimate of drug-likeness (QED) is 0.427. The molecule has 0 fully saturated rings. The highest BCUT2D eigenvalue weighted by molar-refractivity contribution is 7.94. The van der Waals surface area contributed by atoms with Gasteiger partial charge in [-0.2, -0.15) is 0 Å². The fourth-order valence-electron chi connectivity index (χ4n) is 1.34. The number of nitro groups is 1. The maximum atomic E-state index is 12.1. The lowest BCUT2D eigenvalue weighted by Crippen LogP contribution is -2.12. The maximum absolute atomic E-state index is 12.1. The van der Waals surface area contributed by atoms with Gasteiger partial charge in [-0.1, -0.05) is 17.4 Å². The Hall–Kier alpha value is -2.24. The predicted octanol–water partition coefficient (Wildman–Crippen LogP) is 1.14. The van der Waals surface area contributed by atoms with Gasteiger partial charge in [0.2, 0.25) is 0 Å². The third-order valence-corrected chi connectivity index (χ3v) is 5.07. The van der Waals surface area contributed by atoms with Crippen LogP contribution in [0.25, 0.3) is 0 Å². The van der Waals surface area contributed by atoms with E-state index in [9.17, 15) is 18.5 Å². The molecular formula is C9H9N5O4S2. The Balaban J connectivity index is 2.37. The number of nitrogens with two attached hydrogens (primary N) is 1. The van der Waals surface area contributed by atoms with E-state index in [0.29, 0.717) is 11.3 Å². The van der Waals surface area contributed by atoms with Crippen molar-refractivity contribution in [2.75, 3.05) is 10.1 Å². The van der Waals surface area contributed by atoms with Gasteiger partial charge < -0.3 is 5.43 Å². The monoisotopic (exact) mass is 315 g/mol. The van der Waals surface area contributed by atoms with Crippen molar-refractivity contribution in [1.29, 1.82) is 0 Å². The number of pyridine rings is 1. The van der Waals surface area contributed by atoms with E-state index in [1.165, 1.54) is 12.3 Å². The Labute approximate surface area is 117 Å². The van der Waals surface area contributed by atoms with Gasteiger partial charge in [-0.3, -0.25) is 14.8 Å². The van der Waals surface area contributed by atoms with Crippen LogP contribution in [-0.4, -0.2) is 18.3 Å². The third kappa shape index (κ3) is 2.84. The molecule has 2 heterocycles. The van der Waals surface area contributed by atoms with Crippen LogP contribution in [0.4, 0.5) is 16.5 Å². The molecule has 0 saturated carbocycles. The summed E-state index contributed by atoms with van der Waals surface area (Å²) in [6.07, 6.45) is 1.42. The highest BCUT2D eigenvalue weighted by Crippen LogP contribution is 2.36. The van der Waals surface area contributed by atoms with Gasteiger partial charge in [0.05, 0.1) is 4.92 Å². The molecule has 0 atom stereocenters. The summed E-state index contributed by atoms with van der Waals surface area (Å²) < 4.78 is 26.1. The lowest BCUT2D eigenvalue weighted by atomic mass is 10.5. The van der Waals surface area contributed by atoms with Gasteiger partial charge in [-0.15, -0.1) is 0 Å². The number of aromatic nitrogens is 1. The van der Waals surface area contributed by atoms with Crippen LogP contribution in [-0.2, 0) is 10.0 Å². The van der Waals surface area contributed by atoms with Crippen LogP contribution < -0.4 is 16.0 Å². The molecule has 2 aromatic rings. The minimum atomic E-state index is -3.95. The summed E-state index contributed by atoms with van der Waals surface area (Å²) in [6, 6.07) is 5.63. The largest absolute Gasteiger partial charge is 0.310 e. The number of nitrogens with one attached hydrogen (secondary N) is 2. The minimum absolute atomic E-state index is 0.0450. The average Bonchev–Trinajstić information content (AvgIpc) is 2.84. The first-order valence-electron chi connectivity index (χ1n) is 5.13. The Kier molecular flexibility index (Phi) is 3.83. The molecule has 4 N–H and O–H groups in total. The van der Waals surface area contributed by atoms with Crippen molar-refractivity contribution in [1.82, 2.24) is 4.98 Å². The van der Waals surface area contributed by atoms with Crippen LogP contribution in [0, 0.1) is 10.1 Å². The summed E-state index contributed by atoms with van der Waals surface area (Å²) in [5, 5.41) is 10.7. The van der Waals surface area contributed by atoms with E-state index in [2.05, 4.69) is 15.1 Å². The molecule has 0 bridgehead atoms. The lowest BCUT2D eigenvalue weighted by Gasteiger charge is -2.03. The van der Waals surface area contributed by atoms with Gasteiger partial charge in [-0.05, 0) is 12.1 Å². The molecule has 9 nitrogen and oxygen atoms in total. The van der Waals surface area contributed by atoms with Crippen LogP contribution >= 0.6 is 11.3 Å². The molecule has 0 spiro atoms. The highest BCUT2D eigenvalue weighted by Gasteiger charge is 2.26. The SMILES string of the molecule is NNc1sc(S(=O)(=O)Nc2ccccn2)cc1[N+](=O)[O-]. The second kappa shape index (κ2) is 5.40. The van der Waals surface area contributed by atoms with Crippen LogP contribution in [0.1, 0.15) is 0 Å². The van der Waals surface area contributed by atoms with Crippen LogP contribution in [0.5, 0.6) is 0 Å². The zero-order chi connectivity index (χ0) is 14.8. The molecule has 0 aromatic carbocycles. The van der Waals surface area contributed by atoms with Crippen molar-refractivity contribution >= 4 is 37.9 Å². The van der Waals surface area contributed by atoms with E-state index in [1.54, 1.807) is 12.1 Å². The summed E-state index contributed by atoms with van der Waals surface area (Å²) in [5.74, 6) is 5.24. The Morgan fingerprint density at radius 3 is 2.65 bits per heavy atom. The predicted molar refractivity (Wildman–Crippen MR) is 73.8 cm³/mol. The van der Waals surface area contributed by atoms with E-state index in [0.717, 1.165) is 6.07 Å². The number of sulfonamides is 1. The first-order chi connectivity index (χ1) is 9.44. The van der Waals surface area contributed by atoms with Crippen molar-refractivity contribution in [3.63, 3.8) is 0 Å². The summed E-state index contributed by atoms with van der Waals surface area (Å²) in [5.41, 5.74) is 1.70. The van der Waals surface area contributed by atoms with E-state index in [-0.39, 0.29) is 15.0 Å². The second-order valence-corrected chi connectivity index (χ2v) is 6.46. The van der Waals surface area contributed by atoms with Gasteiger partial charge in [-0.25, -0.2) is 19.2 Å². The van der Waals surface area contributed by atoms with Gasteiger partial charge in [0.25, 0.3) is 10.0 Å². The standard InChI is InChI=1S/C9H9N5O4S2/c10-12-9-6(14(15)16)5-8(19-9)20(17,18)13-7-3-1-2-4-11-7/h1-5,12H,10H2,(H,11,13). The van der Waals surface area contributed by atoms with E-state index in [1.807, 2.05) is 0 Å². The number of nitrogen functional groups attached to an aromatic ring is 1. The number of hydrogen-bond donors (Lipinski definition) is 3. The van der Waals surface area contributed by atoms with Crippen molar-refractivity contribution in [3.05, 3.63) is 40.6 Å². The lowest BCUT2D eigenvalue weighted by molar-refractivity contribution is -0.383. The molecule has 0 saturated heterocycles. The summed E-state index contributed by atoms with van der Waals surface area (Å²) in [4.78, 5) is 13.9. The number of thiophene rings is 1. The molecular weight excluding hydrogens is 306 g/mol. The van der Waals surface area contributed by atoms with Crippen LogP contribution in [0.3, 0.4) is 0 Å². The van der Waals surface area contributed by atoms with E-state index in [4.69, 9.17) is 5.84 Å². The van der Waals surface area contributed by atoms with Crippen LogP contribution in [0.15, 0.2) is 34.7 Å². The van der Waals surface area contributed by atoms with Crippen LogP contribution in [0.2, 0.25) is 0 Å². The van der Waals surface area contributed by atoms with Crippen molar-refractivity contribution in [3.8, 4) is 0 Å². The molecule has 0 radical (unpaired) electrons. The molecule has 2 aromatic heterocycles. The molecule has 0 amide bonds. The third-order valence-electron chi connectivity index (χ3n) is 2.19. The molecule has 0 aliphatic carbocycles. The van der Waals surface area contributed by atoms with Gasteiger partial charge >= 0.3 is 5.69 Å². The van der Waals surface area contributed by atoms with Crippen molar-refractivity contribution in [2.45, 2.75) is 4.21 Å². The zero-order valence-corrected chi connectivity index (χ0v) is 11.4. The highest BCUT2D eigenvalue weighted by atomic mass is 32.2. The molecule has 20 heavy (non-hydrogen) atoms. The second-order valence-electron chi connectivity index (χ2n) is 3.50. The van der Waals surface area contributed by atoms with Gasteiger partial charge in [0.15, 0.2) is 5.00 Å². The first-order valence-corrected chi connectivity index (χ1v) is 7.42. The van der Waals surface area contributed by atoms with Crippen molar-refractivity contribution < 1.29 is 13.3 Å².